The molecule has 0 saturated carbocycles. The van der Waals surface area contributed by atoms with Crippen LogP contribution < -0.4 is 14.8 Å². The van der Waals surface area contributed by atoms with E-state index in [1.165, 1.54) is 5.56 Å². The molecule has 4 rings (SSSR count). The molecule has 3 heterocycles. The van der Waals surface area contributed by atoms with Crippen LogP contribution in [0.15, 0.2) is 41.0 Å². The third-order valence-electron chi connectivity index (χ3n) is 4.25. The summed E-state index contributed by atoms with van der Waals surface area (Å²) in [6.07, 6.45) is 1.54. The maximum Gasteiger partial charge on any atom is 0.324 e. The Morgan fingerprint density at radius 1 is 1.08 bits per heavy atom. The first-order chi connectivity index (χ1) is 11.8. The Morgan fingerprint density at radius 3 is 2.71 bits per heavy atom. The molecule has 24 heavy (non-hydrogen) atoms. The molecular formula is C17H19N3O4. The second-order valence-corrected chi connectivity index (χ2v) is 5.86. The van der Waals surface area contributed by atoms with Gasteiger partial charge in [-0.3, -0.25) is 10.2 Å². The average Bonchev–Trinajstić information content (AvgIpc) is 3.26. The molecule has 2 aliphatic heterocycles. The van der Waals surface area contributed by atoms with Crippen LogP contribution in [-0.2, 0) is 6.54 Å². The normalized spacial score (nSPS) is 17.1. The number of nitrogens with zero attached hydrogens (tertiary/aromatic N) is 2. The van der Waals surface area contributed by atoms with Gasteiger partial charge in [-0.25, -0.2) is 4.79 Å². The first-order valence-electron chi connectivity index (χ1n) is 7.98. The van der Waals surface area contributed by atoms with E-state index in [4.69, 9.17) is 13.9 Å². The first kappa shape index (κ1) is 14.9. The number of urea groups is 1. The molecule has 1 N–H and O–H groups in total. The summed E-state index contributed by atoms with van der Waals surface area (Å²) in [5.41, 5.74) is 1.19. The predicted molar refractivity (Wildman–Crippen MR) is 87.1 cm³/mol. The molecule has 0 radical (unpaired) electrons. The highest BCUT2D eigenvalue weighted by Gasteiger charge is 2.22. The maximum atomic E-state index is 12.2. The smallest absolute Gasteiger partial charge is 0.324 e. The number of furan rings is 1. The summed E-state index contributed by atoms with van der Waals surface area (Å²) in [7, 11) is 0. The van der Waals surface area contributed by atoms with E-state index in [0.29, 0.717) is 25.8 Å². The molecule has 0 bridgehead atoms. The van der Waals surface area contributed by atoms with E-state index in [2.05, 4.69) is 16.3 Å². The van der Waals surface area contributed by atoms with Gasteiger partial charge in [0.25, 0.3) is 0 Å². The van der Waals surface area contributed by atoms with E-state index >= 15 is 0 Å². The van der Waals surface area contributed by atoms with Crippen molar-refractivity contribution >= 4 is 11.9 Å². The lowest BCUT2D eigenvalue weighted by molar-refractivity contribution is 0.142. The Kier molecular flexibility index (Phi) is 4.00. The van der Waals surface area contributed by atoms with Crippen LogP contribution in [0, 0.1) is 0 Å². The first-order valence-corrected chi connectivity index (χ1v) is 7.98. The van der Waals surface area contributed by atoms with Crippen molar-refractivity contribution in [3.8, 4) is 11.5 Å². The van der Waals surface area contributed by atoms with Gasteiger partial charge in [0, 0.05) is 38.8 Å². The Balaban J connectivity index is 1.29. The van der Waals surface area contributed by atoms with Crippen molar-refractivity contribution in [3.63, 3.8) is 0 Å². The summed E-state index contributed by atoms with van der Waals surface area (Å²) in [5, 5.41) is 2.76. The van der Waals surface area contributed by atoms with Crippen molar-refractivity contribution in [1.82, 2.24) is 9.80 Å². The van der Waals surface area contributed by atoms with Gasteiger partial charge >= 0.3 is 6.03 Å². The van der Waals surface area contributed by atoms with Crippen LogP contribution in [0.4, 0.5) is 10.7 Å². The van der Waals surface area contributed by atoms with Crippen LogP contribution in [0.2, 0.25) is 0 Å². The van der Waals surface area contributed by atoms with Crippen LogP contribution in [-0.4, -0.2) is 48.8 Å². The molecule has 1 aromatic heterocycles. The molecule has 0 unspecified atom stereocenters. The van der Waals surface area contributed by atoms with Gasteiger partial charge in [-0.15, -0.1) is 0 Å². The van der Waals surface area contributed by atoms with E-state index in [9.17, 15) is 4.79 Å². The van der Waals surface area contributed by atoms with Crippen molar-refractivity contribution in [2.24, 2.45) is 0 Å². The minimum absolute atomic E-state index is 0.118. The van der Waals surface area contributed by atoms with Gasteiger partial charge in [0.15, 0.2) is 11.5 Å². The fourth-order valence-electron chi connectivity index (χ4n) is 2.94. The van der Waals surface area contributed by atoms with Crippen LogP contribution in [0.3, 0.4) is 0 Å². The highest BCUT2D eigenvalue weighted by molar-refractivity contribution is 5.87. The minimum Gasteiger partial charge on any atom is -0.454 e. The molecule has 126 valence electrons. The average molecular weight is 329 g/mol. The quantitative estimate of drug-likeness (QED) is 0.936. The lowest BCUT2D eigenvalue weighted by Crippen LogP contribution is -2.49. The highest BCUT2D eigenvalue weighted by atomic mass is 16.7. The van der Waals surface area contributed by atoms with Gasteiger partial charge in [-0.1, -0.05) is 6.07 Å². The molecule has 1 fully saturated rings. The number of carbonyl (C=O) groups is 1. The van der Waals surface area contributed by atoms with E-state index in [1.54, 1.807) is 23.3 Å². The van der Waals surface area contributed by atoms with E-state index < -0.39 is 0 Å². The molecule has 0 atom stereocenters. The largest absolute Gasteiger partial charge is 0.454 e. The number of benzene rings is 1. The topological polar surface area (TPSA) is 67.2 Å². The highest BCUT2D eigenvalue weighted by Crippen LogP contribution is 2.32. The zero-order valence-electron chi connectivity index (χ0n) is 13.2. The second-order valence-electron chi connectivity index (χ2n) is 5.86. The molecule has 2 aromatic rings. The zero-order valence-corrected chi connectivity index (χ0v) is 13.2. The number of nitrogens with one attached hydrogen (secondary N) is 1. The fraction of sp³-hybridized carbons (Fsp3) is 0.353. The van der Waals surface area contributed by atoms with Crippen molar-refractivity contribution in [2.75, 3.05) is 38.3 Å². The Bertz CT molecular complexity index is 709. The third kappa shape index (κ3) is 3.16. The maximum absolute atomic E-state index is 12.2. The summed E-state index contributed by atoms with van der Waals surface area (Å²) in [5.74, 6) is 2.09. The third-order valence-corrected chi connectivity index (χ3v) is 4.25. The molecule has 2 aliphatic rings. The number of ether oxygens (including phenoxy) is 2. The predicted octanol–water partition coefficient (Wildman–Crippen LogP) is 2.36. The van der Waals surface area contributed by atoms with Crippen LogP contribution in [0.5, 0.6) is 11.5 Å². The van der Waals surface area contributed by atoms with Gasteiger partial charge < -0.3 is 18.8 Å². The van der Waals surface area contributed by atoms with Gasteiger partial charge in [0.05, 0.1) is 6.26 Å². The molecule has 2 amide bonds. The monoisotopic (exact) mass is 329 g/mol. The van der Waals surface area contributed by atoms with Crippen LogP contribution in [0.25, 0.3) is 0 Å². The van der Waals surface area contributed by atoms with Gasteiger partial charge in [-0.05, 0) is 23.8 Å². The minimum atomic E-state index is -0.118. The summed E-state index contributed by atoms with van der Waals surface area (Å²) in [6.45, 7) is 4.18. The Labute approximate surface area is 139 Å². The second kappa shape index (κ2) is 6.45. The van der Waals surface area contributed by atoms with E-state index in [1.807, 2.05) is 12.1 Å². The number of hydrogen-bond acceptors (Lipinski definition) is 5. The fourth-order valence-corrected chi connectivity index (χ4v) is 2.94. The molecule has 0 spiro atoms. The number of carbonyl (C=O) groups excluding carboxylic acids is 1. The lowest BCUT2D eigenvalue weighted by atomic mass is 10.1. The summed E-state index contributed by atoms with van der Waals surface area (Å²) >= 11 is 0. The van der Waals surface area contributed by atoms with Crippen molar-refractivity contribution in [1.29, 1.82) is 0 Å². The molecule has 7 heteroatoms. The van der Waals surface area contributed by atoms with Gasteiger partial charge in [-0.2, -0.15) is 0 Å². The standard InChI is InChI=1S/C17H19N3O4/c21-17(18-16-2-1-9-22-16)20-7-5-19(6-8-20)11-13-3-4-14-15(10-13)24-12-23-14/h1-4,9-10H,5-8,11-12H2,(H,18,21). The van der Waals surface area contributed by atoms with E-state index in [-0.39, 0.29) is 6.03 Å². The summed E-state index contributed by atoms with van der Waals surface area (Å²) in [6, 6.07) is 9.40. The van der Waals surface area contributed by atoms with Gasteiger partial charge in [0.1, 0.15) is 0 Å². The number of piperazine rings is 1. The van der Waals surface area contributed by atoms with E-state index in [0.717, 1.165) is 31.1 Å². The zero-order chi connectivity index (χ0) is 16.4. The molecule has 1 saturated heterocycles. The van der Waals surface area contributed by atoms with Crippen LogP contribution in [0.1, 0.15) is 5.56 Å². The molecule has 1 aromatic carbocycles. The van der Waals surface area contributed by atoms with Crippen molar-refractivity contribution < 1.29 is 18.7 Å². The lowest BCUT2D eigenvalue weighted by Gasteiger charge is -2.34. The number of fused-ring (bicyclic) bond motifs is 1. The Morgan fingerprint density at radius 2 is 1.92 bits per heavy atom. The summed E-state index contributed by atoms with van der Waals surface area (Å²) < 4.78 is 15.9. The Hall–Kier alpha value is -2.67. The molecule has 7 nitrogen and oxygen atoms in total. The number of rotatable bonds is 3. The summed E-state index contributed by atoms with van der Waals surface area (Å²) in [4.78, 5) is 16.3. The van der Waals surface area contributed by atoms with Crippen molar-refractivity contribution in [3.05, 3.63) is 42.2 Å². The number of hydrogen-bond donors (Lipinski definition) is 1. The molecule has 0 aliphatic carbocycles. The number of anilines is 1. The van der Waals surface area contributed by atoms with Crippen LogP contribution >= 0.6 is 0 Å². The number of amides is 2. The van der Waals surface area contributed by atoms with Crippen molar-refractivity contribution in [2.45, 2.75) is 6.54 Å². The SMILES string of the molecule is O=C(Nc1ccco1)N1CCN(Cc2ccc3c(c2)OCO3)CC1. The molecular weight excluding hydrogens is 310 g/mol. The van der Waals surface area contributed by atoms with Gasteiger partial charge in [0.2, 0.25) is 12.7 Å².